The minimum atomic E-state index is -0.754. The molecule has 1 aliphatic heterocycles. The molecule has 0 aliphatic carbocycles. The van der Waals surface area contributed by atoms with Crippen molar-refractivity contribution < 1.29 is 9.59 Å². The number of hydrogen-bond donors (Lipinski definition) is 1. The lowest BCUT2D eigenvalue weighted by atomic mass is 10.0. The lowest BCUT2D eigenvalue weighted by Gasteiger charge is -2.28. The Hall–Kier alpha value is -1.06. The smallest absolute Gasteiger partial charge is 0.247 e. The number of rotatable bonds is 7. The molecule has 1 aliphatic rings. The van der Waals surface area contributed by atoms with Crippen molar-refractivity contribution in [3.05, 3.63) is 0 Å². The minimum absolute atomic E-state index is 0.0243. The zero-order valence-corrected chi connectivity index (χ0v) is 12.6. The average molecular weight is 268 g/mol. The van der Waals surface area contributed by atoms with Crippen molar-refractivity contribution in [2.24, 2.45) is 0 Å². The molecule has 0 aromatic heterocycles. The number of hydrogen-bond acceptors (Lipinski definition) is 2. The van der Waals surface area contributed by atoms with Crippen LogP contribution in [0.4, 0.5) is 0 Å². The van der Waals surface area contributed by atoms with Crippen LogP contribution in [0.5, 0.6) is 0 Å². The maximum atomic E-state index is 12.3. The number of carbonyl (C=O) groups is 2. The highest BCUT2D eigenvalue weighted by Crippen LogP contribution is 2.14. The topological polar surface area (TPSA) is 49.4 Å². The second kappa shape index (κ2) is 7.51. The third-order valence-corrected chi connectivity index (χ3v) is 3.66. The van der Waals surface area contributed by atoms with E-state index in [1.54, 1.807) is 13.8 Å². The fraction of sp³-hybridized carbons (Fsp3) is 0.867. The van der Waals surface area contributed by atoms with Gasteiger partial charge in [-0.15, -0.1) is 0 Å². The highest BCUT2D eigenvalue weighted by atomic mass is 16.2. The van der Waals surface area contributed by atoms with E-state index in [2.05, 4.69) is 12.2 Å². The van der Waals surface area contributed by atoms with Crippen LogP contribution in [0.25, 0.3) is 0 Å². The van der Waals surface area contributed by atoms with Gasteiger partial charge in [0.15, 0.2) is 0 Å². The van der Waals surface area contributed by atoms with E-state index < -0.39 is 5.54 Å². The number of amides is 2. The van der Waals surface area contributed by atoms with Gasteiger partial charge in [0.2, 0.25) is 11.8 Å². The molecule has 1 heterocycles. The second-order valence-corrected chi connectivity index (χ2v) is 5.98. The Bertz CT molecular complexity index is 313. The van der Waals surface area contributed by atoms with Gasteiger partial charge in [0.1, 0.15) is 5.54 Å². The molecule has 0 unspecified atom stereocenters. The van der Waals surface area contributed by atoms with Gasteiger partial charge in [-0.3, -0.25) is 9.59 Å². The maximum Gasteiger partial charge on any atom is 0.247 e. The molecule has 0 atom stereocenters. The molecule has 19 heavy (non-hydrogen) atoms. The van der Waals surface area contributed by atoms with Crippen molar-refractivity contribution in [3.8, 4) is 0 Å². The third-order valence-electron chi connectivity index (χ3n) is 3.66. The molecule has 0 bridgehead atoms. The Morgan fingerprint density at radius 2 is 1.74 bits per heavy atom. The Kier molecular flexibility index (Phi) is 6.32. The molecule has 0 aromatic carbocycles. The van der Waals surface area contributed by atoms with Crippen molar-refractivity contribution in [1.29, 1.82) is 0 Å². The first-order chi connectivity index (χ1) is 8.97. The molecular weight excluding hydrogens is 240 g/mol. The number of carbonyl (C=O) groups excluding carboxylic acids is 2. The number of nitrogens with one attached hydrogen (secondary N) is 1. The first-order valence-electron chi connectivity index (χ1n) is 7.57. The van der Waals surface area contributed by atoms with E-state index in [0.29, 0.717) is 13.0 Å². The fourth-order valence-electron chi connectivity index (χ4n) is 2.49. The summed E-state index contributed by atoms with van der Waals surface area (Å²) in [5, 5.41) is 2.79. The van der Waals surface area contributed by atoms with Crippen LogP contribution >= 0.6 is 0 Å². The van der Waals surface area contributed by atoms with E-state index in [0.717, 1.165) is 13.0 Å². The van der Waals surface area contributed by atoms with Gasteiger partial charge in [-0.1, -0.05) is 39.0 Å². The first-order valence-corrected chi connectivity index (χ1v) is 7.57. The Morgan fingerprint density at radius 3 is 2.42 bits per heavy atom. The lowest BCUT2D eigenvalue weighted by molar-refractivity contribution is -0.137. The van der Waals surface area contributed by atoms with Crippen molar-refractivity contribution in [1.82, 2.24) is 10.2 Å². The number of nitrogens with zero attached hydrogens (tertiary/aromatic N) is 1. The molecule has 0 spiro atoms. The van der Waals surface area contributed by atoms with Crippen molar-refractivity contribution >= 4 is 11.8 Å². The van der Waals surface area contributed by atoms with Gasteiger partial charge in [-0.05, 0) is 20.3 Å². The summed E-state index contributed by atoms with van der Waals surface area (Å²) in [6.07, 6.45) is 7.73. The SMILES string of the molecule is CCCCCCCCN1CCC(=O)NC(C)(C)C1=O. The largest absolute Gasteiger partial charge is 0.342 e. The van der Waals surface area contributed by atoms with Crippen LogP contribution in [-0.2, 0) is 9.59 Å². The van der Waals surface area contributed by atoms with Gasteiger partial charge in [0.25, 0.3) is 0 Å². The Morgan fingerprint density at radius 1 is 1.11 bits per heavy atom. The standard InChI is InChI=1S/C15H28N2O2/c1-4-5-6-7-8-9-11-17-12-10-13(18)16-15(2,3)14(17)19/h4-12H2,1-3H3,(H,16,18). The fourth-order valence-corrected chi connectivity index (χ4v) is 2.49. The van der Waals surface area contributed by atoms with Crippen molar-refractivity contribution in [3.63, 3.8) is 0 Å². The third kappa shape index (κ3) is 5.21. The molecule has 0 saturated carbocycles. The van der Waals surface area contributed by atoms with E-state index >= 15 is 0 Å². The molecule has 4 nitrogen and oxygen atoms in total. The molecule has 0 radical (unpaired) electrons. The van der Waals surface area contributed by atoms with Gasteiger partial charge in [-0.2, -0.15) is 0 Å². The van der Waals surface area contributed by atoms with Crippen LogP contribution in [0.3, 0.4) is 0 Å². The molecule has 1 saturated heterocycles. The summed E-state index contributed by atoms with van der Waals surface area (Å²) in [4.78, 5) is 25.7. The van der Waals surface area contributed by atoms with Crippen LogP contribution in [0.2, 0.25) is 0 Å². The van der Waals surface area contributed by atoms with Gasteiger partial charge in [-0.25, -0.2) is 0 Å². The lowest BCUT2D eigenvalue weighted by Crippen LogP contribution is -2.52. The van der Waals surface area contributed by atoms with Gasteiger partial charge in [0.05, 0.1) is 0 Å². The molecule has 0 aromatic rings. The van der Waals surface area contributed by atoms with Gasteiger partial charge >= 0.3 is 0 Å². The zero-order valence-electron chi connectivity index (χ0n) is 12.6. The van der Waals surface area contributed by atoms with E-state index in [4.69, 9.17) is 0 Å². The van der Waals surface area contributed by atoms with E-state index in [1.165, 1.54) is 32.1 Å². The van der Waals surface area contributed by atoms with Gasteiger partial charge < -0.3 is 10.2 Å². The minimum Gasteiger partial charge on any atom is -0.342 e. The normalized spacial score (nSPS) is 19.2. The monoisotopic (exact) mass is 268 g/mol. The summed E-state index contributed by atoms with van der Waals surface area (Å²) in [5.74, 6) is 0.0238. The average Bonchev–Trinajstić information content (AvgIpc) is 2.44. The summed E-state index contributed by atoms with van der Waals surface area (Å²) in [7, 11) is 0. The summed E-state index contributed by atoms with van der Waals surface area (Å²) in [6, 6.07) is 0. The molecule has 1 N–H and O–H groups in total. The summed E-state index contributed by atoms with van der Waals surface area (Å²) < 4.78 is 0. The second-order valence-electron chi connectivity index (χ2n) is 5.98. The van der Waals surface area contributed by atoms with E-state index in [1.807, 2.05) is 4.90 Å². The molecule has 110 valence electrons. The number of unbranched alkanes of at least 4 members (excludes halogenated alkanes) is 5. The van der Waals surface area contributed by atoms with Crippen molar-refractivity contribution in [2.75, 3.05) is 13.1 Å². The zero-order chi connectivity index (χ0) is 14.3. The molecule has 4 heteroatoms. The Labute approximate surface area is 116 Å². The first kappa shape index (κ1) is 16.0. The van der Waals surface area contributed by atoms with Crippen LogP contribution in [-0.4, -0.2) is 35.3 Å². The van der Waals surface area contributed by atoms with E-state index in [9.17, 15) is 9.59 Å². The molecule has 2 amide bonds. The summed E-state index contributed by atoms with van der Waals surface area (Å²) in [6.45, 7) is 7.12. The highest BCUT2D eigenvalue weighted by molar-refractivity contribution is 5.92. The van der Waals surface area contributed by atoms with Crippen LogP contribution < -0.4 is 5.32 Å². The summed E-state index contributed by atoms with van der Waals surface area (Å²) in [5.41, 5.74) is -0.754. The van der Waals surface area contributed by atoms with Crippen LogP contribution in [0.1, 0.15) is 65.7 Å². The predicted molar refractivity (Wildman–Crippen MR) is 76.8 cm³/mol. The summed E-state index contributed by atoms with van der Waals surface area (Å²) >= 11 is 0. The van der Waals surface area contributed by atoms with Crippen LogP contribution in [0, 0.1) is 0 Å². The van der Waals surface area contributed by atoms with Crippen LogP contribution in [0.15, 0.2) is 0 Å². The predicted octanol–water partition coefficient (Wildman–Crippen LogP) is 2.47. The van der Waals surface area contributed by atoms with Crippen molar-refractivity contribution in [2.45, 2.75) is 71.3 Å². The maximum absolute atomic E-state index is 12.3. The Balaban J connectivity index is 2.35. The molecule has 1 fully saturated rings. The molecule has 1 rings (SSSR count). The highest BCUT2D eigenvalue weighted by Gasteiger charge is 2.35. The van der Waals surface area contributed by atoms with Gasteiger partial charge in [0, 0.05) is 19.5 Å². The van der Waals surface area contributed by atoms with E-state index in [-0.39, 0.29) is 11.8 Å². The molecular formula is C15H28N2O2. The quantitative estimate of drug-likeness (QED) is 0.721.